The number of hydrogen-bond acceptors (Lipinski definition) is 5. The van der Waals surface area contributed by atoms with Gasteiger partial charge in [-0.2, -0.15) is 16.7 Å². The fourth-order valence-corrected chi connectivity index (χ4v) is 3.09. The average molecular weight is 241 g/mol. The van der Waals surface area contributed by atoms with Crippen molar-refractivity contribution >= 4 is 11.8 Å². The second-order valence-corrected chi connectivity index (χ2v) is 5.40. The summed E-state index contributed by atoms with van der Waals surface area (Å²) >= 11 is 2.05. The molecule has 1 aliphatic rings. The summed E-state index contributed by atoms with van der Waals surface area (Å²) in [5, 5.41) is 7.12. The van der Waals surface area contributed by atoms with Crippen LogP contribution >= 0.6 is 11.8 Å². The zero-order valence-electron chi connectivity index (χ0n) is 9.74. The lowest BCUT2D eigenvalue weighted by Gasteiger charge is -2.19. The Morgan fingerprint density at radius 3 is 3.25 bits per heavy atom. The number of likely N-dealkylation sites (N-methyl/N-ethyl adjacent to an activating group) is 1. The summed E-state index contributed by atoms with van der Waals surface area (Å²) in [4.78, 5) is 4.41. The molecule has 0 aliphatic carbocycles. The van der Waals surface area contributed by atoms with Gasteiger partial charge >= 0.3 is 0 Å². The molecule has 1 aliphatic heterocycles. The van der Waals surface area contributed by atoms with Crippen LogP contribution in [0.25, 0.3) is 0 Å². The van der Waals surface area contributed by atoms with Gasteiger partial charge in [0, 0.05) is 19.4 Å². The lowest BCUT2D eigenvalue weighted by molar-refractivity contribution is 0.368. The van der Waals surface area contributed by atoms with Crippen LogP contribution in [0.1, 0.15) is 24.6 Å². The van der Waals surface area contributed by atoms with E-state index in [-0.39, 0.29) is 0 Å². The zero-order chi connectivity index (χ0) is 11.2. The molecule has 4 nitrogen and oxygen atoms in total. The molecule has 1 aromatic rings. The van der Waals surface area contributed by atoms with Crippen LogP contribution < -0.4 is 5.32 Å². The Morgan fingerprint density at radius 2 is 2.50 bits per heavy atom. The van der Waals surface area contributed by atoms with E-state index in [2.05, 4.69) is 15.5 Å². The molecular weight excluding hydrogens is 222 g/mol. The van der Waals surface area contributed by atoms with Crippen molar-refractivity contribution in [1.29, 1.82) is 0 Å². The van der Waals surface area contributed by atoms with Gasteiger partial charge in [-0.15, -0.1) is 0 Å². The normalized spacial score (nSPS) is 21.2. The molecule has 0 spiro atoms. The first-order chi connectivity index (χ1) is 7.88. The smallest absolute Gasteiger partial charge is 0.227 e. The summed E-state index contributed by atoms with van der Waals surface area (Å²) in [5.41, 5.74) is 0. The van der Waals surface area contributed by atoms with Gasteiger partial charge in [0.1, 0.15) is 0 Å². The second-order valence-electron chi connectivity index (χ2n) is 4.25. The van der Waals surface area contributed by atoms with Crippen LogP contribution in [0.15, 0.2) is 4.52 Å². The molecule has 1 fully saturated rings. The first-order valence-electron chi connectivity index (χ1n) is 5.92. The van der Waals surface area contributed by atoms with Crippen LogP contribution in [0.2, 0.25) is 0 Å². The molecule has 0 radical (unpaired) electrons. The standard InChI is InChI=1S/C11H19N3OS/c1-12-5-4-11-13-10(14-15-11)7-9-3-2-6-16-8-9/h9,12H,2-8H2,1H3. The van der Waals surface area contributed by atoms with E-state index in [0.29, 0.717) is 0 Å². The number of thioether (sulfide) groups is 1. The molecule has 0 amide bonds. The van der Waals surface area contributed by atoms with E-state index in [4.69, 9.17) is 4.52 Å². The van der Waals surface area contributed by atoms with Gasteiger partial charge in [-0.1, -0.05) is 5.16 Å². The molecular formula is C11H19N3OS. The third-order valence-corrected chi connectivity index (χ3v) is 4.11. The number of nitrogens with zero attached hydrogens (tertiary/aromatic N) is 2. The van der Waals surface area contributed by atoms with Crippen molar-refractivity contribution in [2.75, 3.05) is 25.1 Å². The largest absolute Gasteiger partial charge is 0.339 e. The lowest BCUT2D eigenvalue weighted by atomic mass is 10.0. The molecule has 0 saturated carbocycles. The molecule has 1 aromatic heterocycles. The summed E-state index contributed by atoms with van der Waals surface area (Å²) in [7, 11) is 1.93. The Labute approximate surface area is 101 Å². The van der Waals surface area contributed by atoms with Gasteiger partial charge in [-0.25, -0.2) is 0 Å². The predicted molar refractivity (Wildman–Crippen MR) is 65.7 cm³/mol. The lowest BCUT2D eigenvalue weighted by Crippen LogP contribution is -2.14. The summed E-state index contributed by atoms with van der Waals surface area (Å²) < 4.78 is 5.20. The van der Waals surface area contributed by atoms with Crippen molar-refractivity contribution in [2.45, 2.75) is 25.7 Å². The van der Waals surface area contributed by atoms with Crippen LogP contribution in [-0.4, -0.2) is 35.2 Å². The van der Waals surface area contributed by atoms with Crippen LogP contribution in [0.3, 0.4) is 0 Å². The predicted octanol–water partition coefficient (Wildman–Crippen LogP) is 1.52. The van der Waals surface area contributed by atoms with Crippen molar-refractivity contribution in [3.8, 4) is 0 Å². The fourth-order valence-electron chi connectivity index (χ4n) is 1.93. The first-order valence-corrected chi connectivity index (χ1v) is 7.07. The van der Waals surface area contributed by atoms with Gasteiger partial charge in [0.2, 0.25) is 5.89 Å². The maximum atomic E-state index is 5.20. The molecule has 90 valence electrons. The Hall–Kier alpha value is -0.550. The minimum atomic E-state index is 0.744. The van der Waals surface area contributed by atoms with Gasteiger partial charge in [0.05, 0.1) is 0 Å². The summed E-state index contributed by atoms with van der Waals surface area (Å²) in [6.07, 6.45) is 4.45. The maximum absolute atomic E-state index is 5.20. The van der Waals surface area contributed by atoms with E-state index in [9.17, 15) is 0 Å². The zero-order valence-corrected chi connectivity index (χ0v) is 10.6. The van der Waals surface area contributed by atoms with Crippen LogP contribution in [0, 0.1) is 5.92 Å². The van der Waals surface area contributed by atoms with Gasteiger partial charge < -0.3 is 9.84 Å². The minimum absolute atomic E-state index is 0.744. The van der Waals surface area contributed by atoms with Crippen molar-refractivity contribution in [3.05, 3.63) is 11.7 Å². The molecule has 0 aromatic carbocycles. The molecule has 0 bridgehead atoms. The van der Waals surface area contributed by atoms with Crippen LogP contribution in [-0.2, 0) is 12.8 Å². The third-order valence-electron chi connectivity index (χ3n) is 2.82. The quantitative estimate of drug-likeness (QED) is 0.847. The molecule has 1 N–H and O–H groups in total. The molecule has 1 saturated heterocycles. The van der Waals surface area contributed by atoms with Gasteiger partial charge in [-0.3, -0.25) is 0 Å². The summed E-state index contributed by atoms with van der Waals surface area (Å²) in [6, 6.07) is 0. The van der Waals surface area contributed by atoms with E-state index >= 15 is 0 Å². The van der Waals surface area contributed by atoms with Crippen LogP contribution in [0.5, 0.6) is 0 Å². The van der Waals surface area contributed by atoms with Crippen molar-refractivity contribution in [2.24, 2.45) is 5.92 Å². The van der Waals surface area contributed by atoms with Crippen molar-refractivity contribution < 1.29 is 4.52 Å². The number of rotatable bonds is 5. The highest BCUT2D eigenvalue weighted by Gasteiger charge is 2.17. The SMILES string of the molecule is CNCCc1nc(CC2CCCSC2)no1. The Bertz CT molecular complexity index is 310. The number of aromatic nitrogens is 2. The molecule has 1 unspecified atom stereocenters. The topological polar surface area (TPSA) is 51.0 Å². The van der Waals surface area contributed by atoms with E-state index in [1.807, 2.05) is 18.8 Å². The van der Waals surface area contributed by atoms with Gasteiger partial charge in [0.15, 0.2) is 5.82 Å². The highest BCUT2D eigenvalue weighted by atomic mass is 32.2. The average Bonchev–Trinajstić information content (AvgIpc) is 2.75. The van der Waals surface area contributed by atoms with Gasteiger partial charge in [-0.05, 0) is 37.3 Å². The highest BCUT2D eigenvalue weighted by molar-refractivity contribution is 7.99. The Morgan fingerprint density at radius 1 is 1.56 bits per heavy atom. The van der Waals surface area contributed by atoms with Crippen molar-refractivity contribution in [1.82, 2.24) is 15.5 Å². The second kappa shape index (κ2) is 6.25. The summed E-state index contributed by atoms with van der Waals surface area (Å²) in [5.74, 6) is 4.95. The van der Waals surface area contributed by atoms with E-state index in [1.165, 1.54) is 24.3 Å². The van der Waals surface area contributed by atoms with E-state index in [1.54, 1.807) is 0 Å². The Balaban J connectivity index is 1.81. The molecule has 16 heavy (non-hydrogen) atoms. The fraction of sp³-hybridized carbons (Fsp3) is 0.818. The summed E-state index contributed by atoms with van der Waals surface area (Å²) in [6.45, 7) is 0.890. The molecule has 5 heteroatoms. The minimum Gasteiger partial charge on any atom is -0.339 e. The highest BCUT2D eigenvalue weighted by Crippen LogP contribution is 2.24. The third kappa shape index (κ3) is 3.49. The monoisotopic (exact) mass is 241 g/mol. The molecule has 2 heterocycles. The number of hydrogen-bond donors (Lipinski definition) is 1. The number of nitrogens with one attached hydrogen (secondary N) is 1. The molecule has 2 rings (SSSR count). The Kier molecular flexibility index (Phi) is 4.66. The van der Waals surface area contributed by atoms with Gasteiger partial charge in [0.25, 0.3) is 0 Å². The van der Waals surface area contributed by atoms with E-state index in [0.717, 1.165) is 37.0 Å². The molecule has 1 atom stereocenters. The maximum Gasteiger partial charge on any atom is 0.227 e. The first kappa shape index (κ1) is 11.9. The van der Waals surface area contributed by atoms with Crippen molar-refractivity contribution in [3.63, 3.8) is 0 Å². The van der Waals surface area contributed by atoms with E-state index < -0.39 is 0 Å². The van der Waals surface area contributed by atoms with Crippen LogP contribution in [0.4, 0.5) is 0 Å².